The van der Waals surface area contributed by atoms with Crippen LogP contribution in [0, 0.1) is 0 Å². The largest absolute Gasteiger partial charge is 0.508 e. The van der Waals surface area contributed by atoms with Gasteiger partial charge in [0.25, 0.3) is 5.56 Å². The van der Waals surface area contributed by atoms with Crippen LogP contribution in [0.3, 0.4) is 0 Å². The number of primary sulfonamides is 1. The summed E-state index contributed by atoms with van der Waals surface area (Å²) >= 11 is 0. The summed E-state index contributed by atoms with van der Waals surface area (Å²) in [6, 6.07) is 12.0. The lowest BCUT2D eigenvalue weighted by Crippen LogP contribution is -2.33. The molecule has 0 aliphatic heterocycles. The predicted octanol–water partition coefficient (Wildman–Crippen LogP) is -0.242. The third-order valence-electron chi connectivity index (χ3n) is 3.63. The molecule has 25 heavy (non-hydrogen) atoms. The zero-order valence-electron chi connectivity index (χ0n) is 13.0. The van der Waals surface area contributed by atoms with Crippen molar-refractivity contribution in [2.45, 2.75) is 4.90 Å². The Labute approximate surface area is 143 Å². The Kier molecular flexibility index (Phi) is 4.07. The Bertz CT molecular complexity index is 1190. The lowest BCUT2D eigenvalue weighted by Gasteiger charge is -2.02. The topological polar surface area (TPSA) is 118 Å². The number of aromatic nitrogens is 2. The average Bonchev–Trinajstić information content (AvgIpc) is 2.84. The van der Waals surface area contributed by atoms with Crippen molar-refractivity contribution in [3.8, 4) is 11.4 Å². The number of aromatic amines is 1. The third kappa shape index (κ3) is 3.39. The molecule has 0 spiro atoms. The van der Waals surface area contributed by atoms with Crippen LogP contribution in [0.25, 0.3) is 18.3 Å². The van der Waals surface area contributed by atoms with E-state index in [0.29, 0.717) is 16.3 Å². The number of phenols is 1. The molecular weight excluding hydrogens is 342 g/mol. The number of rotatable bonds is 3. The van der Waals surface area contributed by atoms with Gasteiger partial charge in [0.2, 0.25) is 10.0 Å². The Morgan fingerprint density at radius 1 is 1.08 bits per heavy atom. The molecule has 0 unspecified atom stereocenters. The van der Waals surface area contributed by atoms with Gasteiger partial charge in [-0.25, -0.2) is 18.2 Å². The molecule has 3 rings (SSSR count). The van der Waals surface area contributed by atoms with Crippen molar-refractivity contribution in [2.75, 3.05) is 0 Å². The van der Waals surface area contributed by atoms with Crippen molar-refractivity contribution in [3.63, 3.8) is 0 Å². The molecule has 2 aromatic carbocycles. The number of aromatic hydroxyl groups is 1. The number of nitrogens with zero attached hydrogens (tertiary/aromatic N) is 1. The number of hydrogen-bond acceptors (Lipinski definition) is 4. The highest BCUT2D eigenvalue weighted by Gasteiger charge is 2.09. The van der Waals surface area contributed by atoms with Crippen LogP contribution in [0.5, 0.6) is 5.75 Å². The van der Waals surface area contributed by atoms with Gasteiger partial charge in [-0.2, -0.15) is 0 Å². The Hall–Kier alpha value is -3.10. The summed E-state index contributed by atoms with van der Waals surface area (Å²) in [4.78, 5) is 12.6. The Morgan fingerprint density at radius 3 is 2.24 bits per heavy atom. The van der Waals surface area contributed by atoms with Crippen LogP contribution < -0.4 is 21.3 Å². The standard InChI is InChI=1S/C17H15N3O4S/c1-11-16(10-12-2-6-14(21)7-3-12)17(22)20(19-11)13-4-8-15(9-5-13)25(18,23)24/h2-10,19,21H,1H2,(H2,18,23,24). The van der Waals surface area contributed by atoms with E-state index in [2.05, 4.69) is 11.7 Å². The van der Waals surface area contributed by atoms with E-state index in [1.165, 1.54) is 41.1 Å². The zero-order valence-corrected chi connectivity index (χ0v) is 13.8. The molecule has 0 aliphatic rings. The van der Waals surface area contributed by atoms with E-state index in [1.807, 2.05) is 0 Å². The molecule has 1 aromatic heterocycles. The van der Waals surface area contributed by atoms with Crippen molar-refractivity contribution in [2.24, 2.45) is 5.14 Å². The van der Waals surface area contributed by atoms with E-state index in [1.54, 1.807) is 18.2 Å². The highest BCUT2D eigenvalue weighted by Crippen LogP contribution is 2.11. The lowest BCUT2D eigenvalue weighted by molar-refractivity contribution is 0.475. The second-order valence-electron chi connectivity index (χ2n) is 5.42. The van der Waals surface area contributed by atoms with E-state index in [0.717, 1.165) is 5.56 Å². The molecule has 1 heterocycles. The third-order valence-corrected chi connectivity index (χ3v) is 4.56. The number of phenolic OH excluding ortho intramolecular Hbond substituents is 1. The molecule has 0 saturated heterocycles. The lowest BCUT2D eigenvalue weighted by atomic mass is 10.2. The van der Waals surface area contributed by atoms with Gasteiger partial charge < -0.3 is 5.11 Å². The van der Waals surface area contributed by atoms with Crippen LogP contribution >= 0.6 is 0 Å². The molecule has 0 aliphatic carbocycles. The average molecular weight is 357 g/mol. The van der Waals surface area contributed by atoms with Gasteiger partial charge in [0.1, 0.15) is 5.75 Å². The normalized spacial score (nSPS) is 12.4. The van der Waals surface area contributed by atoms with Crippen LogP contribution in [0.1, 0.15) is 5.56 Å². The summed E-state index contributed by atoms with van der Waals surface area (Å²) in [5.41, 5.74) is 0.851. The zero-order chi connectivity index (χ0) is 18.2. The first kappa shape index (κ1) is 16.7. The van der Waals surface area contributed by atoms with Crippen LogP contribution in [0.2, 0.25) is 0 Å². The van der Waals surface area contributed by atoms with Crippen molar-refractivity contribution in [1.82, 2.24) is 9.78 Å². The molecule has 8 heteroatoms. The summed E-state index contributed by atoms with van der Waals surface area (Å²) in [5, 5.41) is 18.0. The minimum atomic E-state index is -3.80. The van der Waals surface area contributed by atoms with E-state index in [-0.39, 0.29) is 16.2 Å². The minimum absolute atomic E-state index is 0.0402. The quantitative estimate of drug-likeness (QED) is 0.599. The maximum Gasteiger partial charge on any atom is 0.279 e. The van der Waals surface area contributed by atoms with Gasteiger partial charge in [-0.15, -0.1) is 0 Å². The number of H-pyrrole nitrogens is 1. The fourth-order valence-corrected chi connectivity index (χ4v) is 2.86. The van der Waals surface area contributed by atoms with Crippen LogP contribution in [0.4, 0.5) is 0 Å². The van der Waals surface area contributed by atoms with Crippen molar-refractivity contribution >= 4 is 22.7 Å². The fraction of sp³-hybridized carbons (Fsp3) is 0. The molecule has 0 saturated carbocycles. The fourth-order valence-electron chi connectivity index (χ4n) is 2.35. The summed E-state index contributed by atoms with van der Waals surface area (Å²) in [6.45, 7) is 3.83. The summed E-state index contributed by atoms with van der Waals surface area (Å²) in [7, 11) is -3.80. The van der Waals surface area contributed by atoms with E-state index >= 15 is 0 Å². The second kappa shape index (κ2) is 6.08. The Morgan fingerprint density at radius 2 is 1.68 bits per heavy atom. The van der Waals surface area contributed by atoms with Crippen LogP contribution in [0.15, 0.2) is 58.2 Å². The number of nitrogens with two attached hydrogens (primary N) is 1. The predicted molar refractivity (Wildman–Crippen MR) is 94.2 cm³/mol. The molecule has 0 fully saturated rings. The van der Waals surface area contributed by atoms with Gasteiger partial charge in [0, 0.05) is 0 Å². The SMILES string of the molecule is C=c1[nH]n(-c2ccc(S(N)(=O)=O)cc2)c(=O)c1=Cc1ccc(O)cc1. The van der Waals surface area contributed by atoms with Gasteiger partial charge in [-0.3, -0.25) is 9.89 Å². The highest BCUT2D eigenvalue weighted by atomic mass is 32.2. The van der Waals surface area contributed by atoms with Crippen molar-refractivity contribution in [3.05, 3.63) is 75.0 Å². The van der Waals surface area contributed by atoms with E-state index in [9.17, 15) is 18.3 Å². The first-order valence-corrected chi connectivity index (χ1v) is 8.74. The number of nitrogens with one attached hydrogen (secondary N) is 1. The first-order chi connectivity index (χ1) is 11.8. The van der Waals surface area contributed by atoms with Crippen molar-refractivity contribution < 1.29 is 13.5 Å². The molecule has 0 radical (unpaired) electrons. The van der Waals surface area contributed by atoms with E-state index < -0.39 is 10.0 Å². The number of hydrogen-bond donors (Lipinski definition) is 3. The summed E-state index contributed by atoms with van der Waals surface area (Å²) < 4.78 is 23.9. The van der Waals surface area contributed by atoms with Gasteiger partial charge in [0.05, 0.1) is 21.2 Å². The molecule has 0 atom stereocenters. The van der Waals surface area contributed by atoms with Crippen molar-refractivity contribution in [1.29, 1.82) is 0 Å². The first-order valence-electron chi connectivity index (χ1n) is 7.20. The highest BCUT2D eigenvalue weighted by molar-refractivity contribution is 7.89. The molecule has 0 bridgehead atoms. The van der Waals surface area contributed by atoms with E-state index in [4.69, 9.17) is 5.14 Å². The summed E-state index contributed by atoms with van der Waals surface area (Å²) in [5.74, 6) is 0.133. The van der Waals surface area contributed by atoms with Gasteiger partial charge in [-0.1, -0.05) is 18.7 Å². The molecule has 3 aromatic rings. The molecule has 128 valence electrons. The molecule has 4 N–H and O–H groups in total. The molecular formula is C17H15N3O4S. The smallest absolute Gasteiger partial charge is 0.279 e. The summed E-state index contributed by atoms with van der Waals surface area (Å²) in [6.07, 6.45) is 1.65. The second-order valence-corrected chi connectivity index (χ2v) is 6.98. The maximum absolute atomic E-state index is 12.6. The maximum atomic E-state index is 12.6. The molecule has 7 nitrogen and oxygen atoms in total. The Balaban J connectivity index is 2.10. The monoisotopic (exact) mass is 357 g/mol. The molecule has 0 amide bonds. The van der Waals surface area contributed by atoms with Gasteiger partial charge in [0.15, 0.2) is 0 Å². The minimum Gasteiger partial charge on any atom is -0.508 e. The van der Waals surface area contributed by atoms with Crippen LogP contribution in [-0.4, -0.2) is 23.3 Å². The van der Waals surface area contributed by atoms with Gasteiger partial charge in [-0.05, 0) is 48.0 Å². The number of sulfonamides is 1. The number of benzene rings is 2. The van der Waals surface area contributed by atoms with Crippen LogP contribution in [-0.2, 0) is 10.0 Å². The van der Waals surface area contributed by atoms with Gasteiger partial charge >= 0.3 is 0 Å².